The van der Waals surface area contributed by atoms with Gasteiger partial charge >= 0.3 is 11.3 Å². The normalized spacial score (nSPS) is 12.6. The lowest BCUT2D eigenvalue weighted by molar-refractivity contribution is -0.660. The number of carbonyl (C=O) groups is 2. The van der Waals surface area contributed by atoms with Crippen LogP contribution in [0.25, 0.3) is 17.1 Å². The average Bonchev–Trinajstić information content (AvgIpc) is 3.36. The van der Waals surface area contributed by atoms with Crippen molar-refractivity contribution in [3.8, 4) is 22.8 Å². The van der Waals surface area contributed by atoms with E-state index in [1.165, 1.54) is 4.68 Å². The van der Waals surface area contributed by atoms with Crippen molar-refractivity contribution < 1.29 is 28.1 Å². The van der Waals surface area contributed by atoms with Gasteiger partial charge in [0, 0.05) is 23.3 Å². The molecule has 1 N–H and O–H groups in total. The lowest BCUT2D eigenvalue weighted by Crippen LogP contribution is -2.36. The highest BCUT2D eigenvalue weighted by Crippen LogP contribution is 2.32. The van der Waals surface area contributed by atoms with Crippen LogP contribution in [0.4, 0.5) is 0 Å². The molecule has 0 aliphatic heterocycles. The van der Waals surface area contributed by atoms with E-state index in [2.05, 4.69) is 10.4 Å². The zero-order chi connectivity index (χ0) is 20.8. The van der Waals surface area contributed by atoms with Gasteiger partial charge < -0.3 is 9.26 Å². The van der Waals surface area contributed by atoms with Gasteiger partial charge in [0.15, 0.2) is 5.78 Å². The molecule has 5 rings (SSSR count). The van der Waals surface area contributed by atoms with Crippen molar-refractivity contribution in [3.05, 3.63) is 81.4 Å². The zero-order valence-corrected chi connectivity index (χ0v) is 15.7. The number of aromatic amines is 1. The summed E-state index contributed by atoms with van der Waals surface area (Å²) in [7, 11) is 0. The van der Waals surface area contributed by atoms with Gasteiger partial charge in [-0.1, -0.05) is 29.4 Å². The molecule has 0 radical (unpaired) electrons. The molecule has 0 amide bonds. The van der Waals surface area contributed by atoms with Gasteiger partial charge in [0.1, 0.15) is 11.3 Å². The van der Waals surface area contributed by atoms with Crippen LogP contribution in [0.1, 0.15) is 39.0 Å². The molecule has 0 fully saturated rings. The highest BCUT2D eigenvalue weighted by molar-refractivity contribution is 6.28. The van der Waals surface area contributed by atoms with Gasteiger partial charge in [-0.2, -0.15) is 0 Å². The number of carbonyl (C=O) groups excluding carboxylic acids is 2. The number of hydrogen-bond acceptors (Lipinski definition) is 7. The van der Waals surface area contributed by atoms with Crippen molar-refractivity contribution >= 4 is 11.6 Å². The summed E-state index contributed by atoms with van der Waals surface area (Å²) in [5.41, 5.74) is 0.0343. The van der Waals surface area contributed by atoms with Gasteiger partial charge in [0.25, 0.3) is 0 Å². The first-order valence-corrected chi connectivity index (χ1v) is 9.15. The van der Waals surface area contributed by atoms with E-state index in [1.54, 1.807) is 48.5 Å². The largest absolute Gasteiger partial charge is 0.494 e. The smallest absolute Gasteiger partial charge is 0.437 e. The summed E-state index contributed by atoms with van der Waals surface area (Å²) in [6, 6.07) is 13.3. The predicted molar refractivity (Wildman–Crippen MR) is 101 cm³/mol. The van der Waals surface area contributed by atoms with E-state index in [0.29, 0.717) is 18.0 Å². The Bertz CT molecular complexity index is 1360. The Morgan fingerprint density at radius 3 is 2.40 bits per heavy atom. The molecular formula is C21H14N3O6+. The molecule has 0 saturated carbocycles. The van der Waals surface area contributed by atoms with Gasteiger partial charge in [0.2, 0.25) is 22.9 Å². The van der Waals surface area contributed by atoms with E-state index in [4.69, 9.17) is 13.8 Å². The maximum atomic E-state index is 13.1. The lowest BCUT2D eigenvalue weighted by atomic mass is 9.87. The Morgan fingerprint density at radius 2 is 1.70 bits per heavy atom. The molecule has 0 atom stereocenters. The molecular weight excluding hydrogens is 390 g/mol. The second-order valence-electron chi connectivity index (χ2n) is 6.53. The summed E-state index contributed by atoms with van der Waals surface area (Å²) in [6.45, 7) is 2.39. The fraction of sp³-hybridized carbons (Fsp3) is 0.0952. The Kier molecular flexibility index (Phi) is 3.95. The molecule has 1 aliphatic rings. The van der Waals surface area contributed by atoms with E-state index in [-0.39, 0.29) is 33.8 Å². The quantitative estimate of drug-likeness (QED) is 0.455. The van der Waals surface area contributed by atoms with Crippen molar-refractivity contribution in [2.45, 2.75) is 6.92 Å². The molecule has 148 valence electrons. The van der Waals surface area contributed by atoms with E-state index in [0.717, 1.165) is 0 Å². The van der Waals surface area contributed by atoms with Crippen molar-refractivity contribution in [3.63, 3.8) is 0 Å². The fourth-order valence-electron chi connectivity index (χ4n) is 3.47. The van der Waals surface area contributed by atoms with Gasteiger partial charge in [-0.15, -0.1) is 0 Å². The van der Waals surface area contributed by atoms with Crippen molar-refractivity contribution in [2.75, 3.05) is 6.61 Å². The van der Waals surface area contributed by atoms with E-state index in [9.17, 15) is 14.4 Å². The van der Waals surface area contributed by atoms with Crippen LogP contribution in [0.2, 0.25) is 0 Å². The zero-order valence-electron chi connectivity index (χ0n) is 15.7. The monoisotopic (exact) mass is 404 g/mol. The summed E-state index contributed by atoms with van der Waals surface area (Å²) in [5.74, 6) is -0.459. The second-order valence-corrected chi connectivity index (χ2v) is 6.53. The van der Waals surface area contributed by atoms with Crippen molar-refractivity contribution in [1.29, 1.82) is 0 Å². The molecule has 9 heteroatoms. The summed E-state index contributed by atoms with van der Waals surface area (Å²) in [6.07, 6.45) is 0. The fourth-order valence-corrected chi connectivity index (χ4v) is 3.47. The van der Waals surface area contributed by atoms with Crippen LogP contribution in [0.15, 0.2) is 62.4 Å². The van der Waals surface area contributed by atoms with E-state index >= 15 is 0 Å². The molecule has 2 aromatic carbocycles. The van der Waals surface area contributed by atoms with Crippen LogP contribution < -0.4 is 15.0 Å². The number of nitrogens with zero attached hydrogens (tertiary/aromatic N) is 2. The number of rotatable bonds is 4. The number of benzene rings is 2. The van der Waals surface area contributed by atoms with Crippen molar-refractivity contribution in [1.82, 2.24) is 10.4 Å². The standard InChI is InChI=1S/C21H13N3O6/c1-2-28-12-9-7-11(8-10-12)24-17(21(27)30-23-24)16-15-18(25)13-5-3-4-6-14(13)19(26)20(15)29-22-16/h3-10H,2H2,1H3/p+1. The van der Waals surface area contributed by atoms with Crippen LogP contribution in [0.5, 0.6) is 5.75 Å². The first-order chi connectivity index (χ1) is 14.6. The van der Waals surface area contributed by atoms with Gasteiger partial charge in [-0.25, -0.2) is 4.79 Å². The van der Waals surface area contributed by atoms with Gasteiger partial charge in [0.05, 0.1) is 6.61 Å². The molecule has 9 nitrogen and oxygen atoms in total. The molecule has 1 aliphatic carbocycles. The first kappa shape index (κ1) is 17.8. The van der Waals surface area contributed by atoms with Crippen LogP contribution >= 0.6 is 0 Å². The molecule has 0 spiro atoms. The summed E-state index contributed by atoms with van der Waals surface area (Å²) < 4.78 is 16.9. The Morgan fingerprint density at radius 1 is 1.00 bits per heavy atom. The number of fused-ring (bicyclic) bond motifs is 2. The number of H-pyrrole nitrogens is 1. The van der Waals surface area contributed by atoms with E-state index in [1.807, 2.05) is 6.92 Å². The highest BCUT2D eigenvalue weighted by Gasteiger charge is 2.41. The predicted octanol–water partition coefficient (Wildman–Crippen LogP) is 2.07. The Labute approximate surface area is 168 Å². The van der Waals surface area contributed by atoms with Crippen molar-refractivity contribution in [2.24, 2.45) is 0 Å². The van der Waals surface area contributed by atoms with Crippen LogP contribution in [0, 0.1) is 0 Å². The Hall–Kier alpha value is -4.27. The topological polar surface area (TPSA) is 119 Å². The molecule has 30 heavy (non-hydrogen) atoms. The lowest BCUT2D eigenvalue weighted by Gasteiger charge is -2.11. The molecule has 0 saturated heterocycles. The minimum Gasteiger partial charge on any atom is -0.494 e. The molecule has 2 heterocycles. The second kappa shape index (κ2) is 6.66. The molecule has 0 unspecified atom stereocenters. The number of aromatic nitrogens is 3. The van der Waals surface area contributed by atoms with Gasteiger partial charge in [-0.3, -0.25) is 14.1 Å². The summed E-state index contributed by atoms with van der Waals surface area (Å²) in [4.78, 5) is 38.3. The average molecular weight is 404 g/mol. The maximum Gasteiger partial charge on any atom is 0.437 e. The number of nitrogens with one attached hydrogen (secondary N) is 1. The molecule has 2 aromatic heterocycles. The molecule has 4 aromatic rings. The third kappa shape index (κ3) is 2.52. The minimum atomic E-state index is -0.765. The van der Waals surface area contributed by atoms with Crippen LogP contribution in [-0.4, -0.2) is 28.6 Å². The van der Waals surface area contributed by atoms with Gasteiger partial charge in [-0.05, 0) is 29.0 Å². The number of ether oxygens (including phenoxy) is 1. The SMILES string of the molecule is CCOc1ccc(-[n+]2[nH]oc(=O)c2-c2noc3c2C(=O)c2ccccc2C3=O)cc1. The van der Waals surface area contributed by atoms with Crippen LogP contribution in [-0.2, 0) is 0 Å². The minimum absolute atomic E-state index is 0.0645. The summed E-state index contributed by atoms with van der Waals surface area (Å²) in [5, 5.41) is 6.37. The van der Waals surface area contributed by atoms with Crippen LogP contribution in [0.3, 0.4) is 0 Å². The first-order valence-electron chi connectivity index (χ1n) is 9.15. The number of ketones is 2. The molecule has 0 bridgehead atoms. The number of hydrogen-bond donors (Lipinski definition) is 1. The highest BCUT2D eigenvalue weighted by atomic mass is 16.5. The third-order valence-electron chi connectivity index (χ3n) is 4.82. The third-order valence-corrected chi connectivity index (χ3v) is 4.82. The maximum absolute atomic E-state index is 13.1. The van der Waals surface area contributed by atoms with E-state index < -0.39 is 17.2 Å². The Balaban J connectivity index is 1.67. The summed E-state index contributed by atoms with van der Waals surface area (Å²) >= 11 is 0.